The van der Waals surface area contributed by atoms with Crippen molar-refractivity contribution >= 4 is 11.6 Å². The normalized spacial score (nSPS) is 18.8. The zero-order valence-electron chi connectivity index (χ0n) is 12.4. The van der Waals surface area contributed by atoms with Crippen LogP contribution in [0, 0.1) is 5.92 Å². The van der Waals surface area contributed by atoms with E-state index in [9.17, 15) is 4.79 Å². The first-order valence-corrected chi connectivity index (χ1v) is 7.38. The summed E-state index contributed by atoms with van der Waals surface area (Å²) in [5, 5.41) is 3.05. The van der Waals surface area contributed by atoms with E-state index in [-0.39, 0.29) is 11.9 Å². The van der Waals surface area contributed by atoms with Gasteiger partial charge in [0.1, 0.15) is 0 Å². The number of likely N-dealkylation sites (N-methyl/N-ethyl adjacent to an activating group) is 1. The zero-order valence-corrected chi connectivity index (χ0v) is 12.4. The molecule has 0 unspecified atom stereocenters. The van der Waals surface area contributed by atoms with Gasteiger partial charge in [0.15, 0.2) is 0 Å². The van der Waals surface area contributed by atoms with E-state index in [1.54, 1.807) is 0 Å². The summed E-state index contributed by atoms with van der Waals surface area (Å²) in [6.45, 7) is 2.81. The molecule has 2 atom stereocenters. The number of para-hydroxylation sites is 1. The van der Waals surface area contributed by atoms with E-state index in [2.05, 4.69) is 48.5 Å². The van der Waals surface area contributed by atoms with Crippen LogP contribution in [0.25, 0.3) is 0 Å². The minimum atomic E-state index is 0.162. The average molecular weight is 272 g/mol. The molecule has 3 heteroatoms. The average Bonchev–Trinajstić information content (AvgIpc) is 2.97. The molecular formula is C17H24N2O. The largest absolute Gasteiger partial charge is 0.370 e. The molecule has 0 saturated heterocycles. The van der Waals surface area contributed by atoms with Crippen molar-refractivity contribution in [3.8, 4) is 0 Å². The number of hydrogen-bond acceptors (Lipinski definition) is 2. The molecule has 0 heterocycles. The van der Waals surface area contributed by atoms with E-state index in [1.165, 1.54) is 5.69 Å². The van der Waals surface area contributed by atoms with Crippen molar-refractivity contribution in [3.05, 3.63) is 42.5 Å². The van der Waals surface area contributed by atoms with Gasteiger partial charge in [-0.25, -0.2) is 0 Å². The van der Waals surface area contributed by atoms with Crippen molar-refractivity contribution in [3.63, 3.8) is 0 Å². The summed E-state index contributed by atoms with van der Waals surface area (Å²) in [6, 6.07) is 10.5. The third kappa shape index (κ3) is 4.12. The fourth-order valence-electron chi connectivity index (χ4n) is 2.49. The maximum Gasteiger partial charge on any atom is 0.220 e. The monoisotopic (exact) mass is 272 g/mol. The minimum Gasteiger partial charge on any atom is -0.370 e. The summed E-state index contributed by atoms with van der Waals surface area (Å²) in [7, 11) is 2.06. The summed E-state index contributed by atoms with van der Waals surface area (Å²) in [4.78, 5) is 14.1. The van der Waals surface area contributed by atoms with Gasteiger partial charge in [0.2, 0.25) is 5.91 Å². The summed E-state index contributed by atoms with van der Waals surface area (Å²) in [5.74, 6) is 0.604. The molecule has 2 rings (SSSR count). The molecule has 20 heavy (non-hydrogen) atoms. The van der Waals surface area contributed by atoms with Crippen LogP contribution < -0.4 is 10.2 Å². The highest BCUT2D eigenvalue weighted by molar-refractivity contribution is 5.76. The van der Waals surface area contributed by atoms with Crippen molar-refractivity contribution in [2.45, 2.75) is 32.2 Å². The molecule has 3 nitrogen and oxygen atoms in total. The standard InChI is InChI=1S/C17H24N2O/c1-14(19(2)16-10-4-3-5-11-16)13-18-17(20)12-15-8-6-7-9-15/h3-6,8,10-11,14-15H,7,9,12-13H2,1-2H3,(H,18,20)/t14-,15+/m1/s1. The highest BCUT2D eigenvalue weighted by atomic mass is 16.1. The summed E-state index contributed by atoms with van der Waals surface area (Å²) < 4.78 is 0. The highest BCUT2D eigenvalue weighted by Crippen LogP contribution is 2.20. The number of anilines is 1. The first-order chi connectivity index (χ1) is 9.66. The third-order valence-corrected chi connectivity index (χ3v) is 3.98. The number of rotatable bonds is 6. The van der Waals surface area contributed by atoms with Gasteiger partial charge in [0, 0.05) is 31.7 Å². The molecule has 1 aliphatic carbocycles. The van der Waals surface area contributed by atoms with Crippen LogP contribution in [0.3, 0.4) is 0 Å². The van der Waals surface area contributed by atoms with E-state index in [1.807, 2.05) is 18.2 Å². The Balaban J connectivity index is 1.75. The molecule has 1 N–H and O–H groups in total. The first-order valence-electron chi connectivity index (χ1n) is 7.38. The second-order valence-electron chi connectivity index (χ2n) is 5.57. The van der Waals surface area contributed by atoms with E-state index in [4.69, 9.17) is 0 Å². The van der Waals surface area contributed by atoms with Crippen LogP contribution in [0.2, 0.25) is 0 Å². The van der Waals surface area contributed by atoms with E-state index < -0.39 is 0 Å². The van der Waals surface area contributed by atoms with Gasteiger partial charge >= 0.3 is 0 Å². The Labute approximate surface area is 121 Å². The van der Waals surface area contributed by atoms with Gasteiger partial charge in [-0.3, -0.25) is 4.79 Å². The number of nitrogens with one attached hydrogen (secondary N) is 1. The van der Waals surface area contributed by atoms with Crippen molar-refractivity contribution in [2.75, 3.05) is 18.5 Å². The van der Waals surface area contributed by atoms with Gasteiger partial charge < -0.3 is 10.2 Å². The van der Waals surface area contributed by atoms with Crippen LogP contribution in [-0.2, 0) is 4.79 Å². The van der Waals surface area contributed by atoms with Crippen LogP contribution >= 0.6 is 0 Å². The molecule has 0 saturated carbocycles. The molecular weight excluding hydrogens is 248 g/mol. The van der Waals surface area contributed by atoms with Crippen LogP contribution in [0.15, 0.2) is 42.5 Å². The number of benzene rings is 1. The smallest absolute Gasteiger partial charge is 0.220 e. The molecule has 0 bridgehead atoms. The number of hydrogen-bond donors (Lipinski definition) is 1. The molecule has 0 fully saturated rings. The lowest BCUT2D eigenvalue weighted by molar-refractivity contribution is -0.121. The molecule has 0 aromatic heterocycles. The van der Waals surface area contributed by atoms with Gasteiger partial charge in [0.25, 0.3) is 0 Å². The molecule has 1 aromatic rings. The van der Waals surface area contributed by atoms with Crippen LogP contribution in [0.1, 0.15) is 26.2 Å². The maximum atomic E-state index is 11.9. The Bertz CT molecular complexity index is 455. The predicted octanol–water partition coefficient (Wildman–Crippen LogP) is 2.98. The van der Waals surface area contributed by atoms with Crippen molar-refractivity contribution in [2.24, 2.45) is 5.92 Å². The van der Waals surface area contributed by atoms with Crippen LogP contribution in [0.5, 0.6) is 0 Å². The molecule has 108 valence electrons. The Morgan fingerprint density at radius 2 is 2.15 bits per heavy atom. The third-order valence-electron chi connectivity index (χ3n) is 3.98. The highest BCUT2D eigenvalue weighted by Gasteiger charge is 2.15. The SMILES string of the molecule is C[C@H](CNC(=O)C[C@H]1C=CCC1)N(C)c1ccccc1. The van der Waals surface area contributed by atoms with Crippen molar-refractivity contribution in [1.82, 2.24) is 5.32 Å². The summed E-state index contributed by atoms with van der Waals surface area (Å²) >= 11 is 0. The lowest BCUT2D eigenvalue weighted by atomic mass is 10.1. The summed E-state index contributed by atoms with van der Waals surface area (Å²) in [5.41, 5.74) is 1.17. The number of amides is 1. The van der Waals surface area contributed by atoms with Gasteiger partial charge in [-0.2, -0.15) is 0 Å². The second-order valence-corrected chi connectivity index (χ2v) is 5.57. The Morgan fingerprint density at radius 3 is 2.80 bits per heavy atom. The lowest BCUT2D eigenvalue weighted by Gasteiger charge is -2.27. The van der Waals surface area contributed by atoms with Crippen LogP contribution in [-0.4, -0.2) is 25.5 Å². The number of carbonyl (C=O) groups excluding carboxylic acids is 1. The van der Waals surface area contributed by atoms with E-state index in [0.29, 0.717) is 18.9 Å². The molecule has 0 aliphatic heterocycles. The number of carbonyl (C=O) groups is 1. The van der Waals surface area contributed by atoms with Crippen molar-refractivity contribution in [1.29, 1.82) is 0 Å². The van der Waals surface area contributed by atoms with E-state index >= 15 is 0 Å². The van der Waals surface area contributed by atoms with Crippen molar-refractivity contribution < 1.29 is 4.79 Å². The van der Waals surface area contributed by atoms with Crippen LogP contribution in [0.4, 0.5) is 5.69 Å². The minimum absolute atomic E-state index is 0.162. The fourth-order valence-corrected chi connectivity index (χ4v) is 2.49. The van der Waals surface area contributed by atoms with Gasteiger partial charge in [-0.15, -0.1) is 0 Å². The number of nitrogens with zero attached hydrogens (tertiary/aromatic N) is 1. The topological polar surface area (TPSA) is 32.3 Å². The van der Waals surface area contributed by atoms with Gasteiger partial charge in [-0.05, 0) is 37.8 Å². The number of allylic oxidation sites excluding steroid dienone is 2. The van der Waals surface area contributed by atoms with E-state index in [0.717, 1.165) is 12.8 Å². The first kappa shape index (κ1) is 14.6. The summed E-state index contributed by atoms with van der Waals surface area (Å²) in [6.07, 6.45) is 7.19. The molecule has 0 spiro atoms. The van der Waals surface area contributed by atoms with Gasteiger partial charge in [-0.1, -0.05) is 30.4 Å². The quantitative estimate of drug-likeness (QED) is 0.807. The Hall–Kier alpha value is -1.77. The fraction of sp³-hybridized carbons (Fsp3) is 0.471. The van der Waals surface area contributed by atoms with Gasteiger partial charge in [0.05, 0.1) is 0 Å². The maximum absolute atomic E-state index is 11.9. The Kier molecular flexibility index (Phi) is 5.22. The predicted molar refractivity (Wildman–Crippen MR) is 83.8 cm³/mol. The molecule has 1 amide bonds. The Morgan fingerprint density at radius 1 is 1.40 bits per heavy atom. The second kappa shape index (κ2) is 7.13. The molecule has 1 aromatic carbocycles. The molecule has 1 aliphatic rings. The zero-order chi connectivity index (χ0) is 14.4. The molecule has 0 radical (unpaired) electrons. The lowest BCUT2D eigenvalue weighted by Crippen LogP contribution is -2.40.